The number of rotatable bonds is 5. The van der Waals surface area contributed by atoms with Crippen molar-refractivity contribution in [1.29, 1.82) is 0 Å². The van der Waals surface area contributed by atoms with E-state index in [1.807, 2.05) is 5.32 Å². The molecular formula is C21H15F5N6O3. The van der Waals surface area contributed by atoms with Crippen molar-refractivity contribution in [3.8, 4) is 11.4 Å². The van der Waals surface area contributed by atoms with Gasteiger partial charge in [-0.05, 0) is 24.6 Å². The van der Waals surface area contributed by atoms with Crippen LogP contribution < -0.4 is 15.8 Å². The number of nitrogens with two attached hydrogens (primary N) is 1. The van der Waals surface area contributed by atoms with Gasteiger partial charge in [-0.1, -0.05) is 12.1 Å². The molecule has 0 spiro atoms. The first-order valence-corrected chi connectivity index (χ1v) is 9.74. The number of aliphatic hydroxyl groups is 1. The van der Waals surface area contributed by atoms with E-state index in [0.717, 1.165) is 35.0 Å². The van der Waals surface area contributed by atoms with Gasteiger partial charge in [-0.25, -0.2) is 23.4 Å². The zero-order valence-electron chi connectivity index (χ0n) is 17.6. The van der Waals surface area contributed by atoms with Crippen molar-refractivity contribution in [2.75, 3.05) is 11.1 Å². The van der Waals surface area contributed by atoms with Crippen LogP contribution in [0.15, 0.2) is 42.7 Å². The Kier molecular flexibility index (Phi) is 5.98. The second-order valence-corrected chi connectivity index (χ2v) is 7.25. The smallest absolute Gasteiger partial charge is 0.406 e. The highest BCUT2D eigenvalue weighted by molar-refractivity contribution is 5.95. The van der Waals surface area contributed by atoms with Crippen molar-refractivity contribution in [3.05, 3.63) is 65.6 Å². The Balaban J connectivity index is 1.61. The molecule has 2 aromatic heterocycles. The molecule has 2 heterocycles. The zero-order chi connectivity index (χ0) is 25.5. The van der Waals surface area contributed by atoms with E-state index in [-0.39, 0.29) is 22.6 Å². The summed E-state index contributed by atoms with van der Waals surface area (Å²) in [5.41, 5.74) is 5.45. The second-order valence-electron chi connectivity index (χ2n) is 7.25. The van der Waals surface area contributed by atoms with Crippen molar-refractivity contribution in [2.24, 2.45) is 0 Å². The minimum Gasteiger partial charge on any atom is -0.406 e. The molecule has 4 N–H and O–H groups in total. The highest BCUT2D eigenvalue weighted by Crippen LogP contribution is 2.29. The molecule has 4 aromatic rings. The topological polar surface area (TPSA) is 128 Å². The Hall–Kier alpha value is -4.33. The molecule has 0 fully saturated rings. The molecule has 1 amide bonds. The molecule has 0 aliphatic heterocycles. The van der Waals surface area contributed by atoms with E-state index in [0.29, 0.717) is 17.3 Å². The molecule has 0 aliphatic rings. The summed E-state index contributed by atoms with van der Waals surface area (Å²) >= 11 is 0. The number of amides is 1. The predicted octanol–water partition coefficient (Wildman–Crippen LogP) is 3.56. The van der Waals surface area contributed by atoms with Gasteiger partial charge < -0.3 is 20.9 Å². The number of ether oxygens (including phenoxy) is 1. The van der Waals surface area contributed by atoms with Gasteiger partial charge in [0, 0.05) is 12.1 Å². The highest BCUT2D eigenvalue weighted by atomic mass is 19.4. The van der Waals surface area contributed by atoms with Gasteiger partial charge in [0.25, 0.3) is 5.91 Å². The van der Waals surface area contributed by atoms with Gasteiger partial charge in [0.2, 0.25) is 0 Å². The third-order valence-corrected chi connectivity index (χ3v) is 4.83. The van der Waals surface area contributed by atoms with E-state index in [1.165, 1.54) is 6.33 Å². The van der Waals surface area contributed by atoms with Gasteiger partial charge in [0.1, 0.15) is 34.6 Å². The van der Waals surface area contributed by atoms with E-state index >= 15 is 0 Å². The Labute approximate surface area is 193 Å². The molecule has 35 heavy (non-hydrogen) atoms. The van der Waals surface area contributed by atoms with Crippen LogP contribution in [0.3, 0.4) is 0 Å². The number of aliphatic hydroxyl groups excluding tert-OH is 1. The highest BCUT2D eigenvalue weighted by Gasteiger charge is 2.31. The summed E-state index contributed by atoms with van der Waals surface area (Å²) < 4.78 is 71.7. The van der Waals surface area contributed by atoms with Gasteiger partial charge in [-0.2, -0.15) is 5.10 Å². The maximum atomic E-state index is 14.9. The van der Waals surface area contributed by atoms with Gasteiger partial charge in [0.15, 0.2) is 17.7 Å². The van der Waals surface area contributed by atoms with Crippen molar-refractivity contribution < 1.29 is 36.6 Å². The number of hydrogen-bond acceptors (Lipinski definition) is 7. The number of aryl methyl sites for hydroxylation is 1. The number of nitrogen functional groups attached to an aromatic ring is 1. The van der Waals surface area contributed by atoms with E-state index in [4.69, 9.17) is 5.73 Å². The summed E-state index contributed by atoms with van der Waals surface area (Å²) in [6, 6.07) is 5.43. The minimum absolute atomic E-state index is 0.0207. The van der Waals surface area contributed by atoms with Gasteiger partial charge in [-0.3, -0.25) is 4.79 Å². The number of alkyl halides is 3. The van der Waals surface area contributed by atoms with Crippen LogP contribution in [-0.4, -0.2) is 37.1 Å². The normalized spacial score (nSPS) is 12.5. The third kappa shape index (κ3) is 4.82. The van der Waals surface area contributed by atoms with Crippen LogP contribution in [0.5, 0.6) is 5.75 Å². The predicted molar refractivity (Wildman–Crippen MR) is 112 cm³/mol. The van der Waals surface area contributed by atoms with E-state index in [2.05, 4.69) is 19.8 Å². The van der Waals surface area contributed by atoms with Crippen LogP contribution in [0, 0.1) is 18.6 Å². The molecule has 4 rings (SSSR count). The molecular weight excluding hydrogens is 479 g/mol. The van der Waals surface area contributed by atoms with Crippen LogP contribution in [0.4, 0.5) is 33.5 Å². The van der Waals surface area contributed by atoms with Crippen LogP contribution >= 0.6 is 0 Å². The standard InChI is InChI=1S/C21H15F5N6O3/c1-9-16-17(19(27)29-8-28-16)32(31-9)15-7-12(22)14(6-13(15)23)30-20(34)18(33)10-3-2-4-11(5-10)35-21(24,25)26/h2-8,18,33H,1H3,(H,30,34)(H2,27,28,29)/t18-/m1/s1. The molecule has 2 aromatic carbocycles. The first-order valence-electron chi connectivity index (χ1n) is 9.74. The maximum absolute atomic E-state index is 14.9. The van der Waals surface area contributed by atoms with Gasteiger partial charge in [-0.15, -0.1) is 13.2 Å². The number of fused-ring (bicyclic) bond motifs is 1. The number of carbonyl (C=O) groups excluding carboxylic acids is 1. The van der Waals surface area contributed by atoms with Crippen LogP contribution in [0.1, 0.15) is 17.4 Å². The van der Waals surface area contributed by atoms with Gasteiger partial charge >= 0.3 is 6.36 Å². The lowest BCUT2D eigenvalue weighted by atomic mass is 10.1. The number of nitrogens with zero attached hydrogens (tertiary/aromatic N) is 4. The lowest BCUT2D eigenvalue weighted by Gasteiger charge is -2.15. The Morgan fingerprint density at radius 1 is 1.17 bits per heavy atom. The van der Waals surface area contributed by atoms with Crippen molar-refractivity contribution in [2.45, 2.75) is 19.4 Å². The number of hydrogen-bond donors (Lipinski definition) is 3. The molecule has 0 unspecified atom stereocenters. The maximum Gasteiger partial charge on any atom is 0.573 e. The van der Waals surface area contributed by atoms with E-state index < -0.39 is 41.4 Å². The molecule has 0 bridgehead atoms. The second kappa shape index (κ2) is 8.79. The van der Waals surface area contributed by atoms with E-state index in [1.54, 1.807) is 6.92 Å². The number of carbonyl (C=O) groups is 1. The fourth-order valence-electron chi connectivity index (χ4n) is 3.32. The Morgan fingerprint density at radius 2 is 1.91 bits per heavy atom. The number of benzene rings is 2. The molecule has 14 heteroatoms. The number of aromatic nitrogens is 4. The van der Waals surface area contributed by atoms with Crippen LogP contribution in [0.25, 0.3) is 16.7 Å². The minimum atomic E-state index is -4.98. The summed E-state index contributed by atoms with van der Waals surface area (Å²) in [4.78, 5) is 20.2. The van der Waals surface area contributed by atoms with Crippen molar-refractivity contribution in [1.82, 2.24) is 19.7 Å². The van der Waals surface area contributed by atoms with Gasteiger partial charge in [0.05, 0.1) is 11.4 Å². The number of nitrogens with one attached hydrogen (secondary N) is 1. The molecule has 9 nitrogen and oxygen atoms in total. The third-order valence-electron chi connectivity index (χ3n) is 4.83. The molecule has 0 saturated carbocycles. The summed E-state index contributed by atoms with van der Waals surface area (Å²) in [5.74, 6) is -4.02. The first-order chi connectivity index (χ1) is 16.4. The lowest BCUT2D eigenvalue weighted by Crippen LogP contribution is -2.22. The fourth-order valence-corrected chi connectivity index (χ4v) is 3.32. The monoisotopic (exact) mass is 494 g/mol. The molecule has 0 radical (unpaired) electrons. The molecule has 0 aliphatic carbocycles. The summed E-state index contributed by atoms with van der Waals surface area (Å²) in [5, 5.41) is 16.3. The number of anilines is 2. The van der Waals surface area contributed by atoms with Crippen LogP contribution in [-0.2, 0) is 4.79 Å². The summed E-state index contributed by atoms with van der Waals surface area (Å²) in [6.45, 7) is 1.59. The average molecular weight is 494 g/mol. The quantitative estimate of drug-likeness (QED) is 0.362. The summed E-state index contributed by atoms with van der Waals surface area (Å²) in [6.07, 6.45) is -5.80. The van der Waals surface area contributed by atoms with Crippen molar-refractivity contribution in [3.63, 3.8) is 0 Å². The molecule has 182 valence electrons. The average Bonchev–Trinajstić information content (AvgIpc) is 3.12. The lowest BCUT2D eigenvalue weighted by molar-refractivity contribution is -0.274. The van der Waals surface area contributed by atoms with E-state index in [9.17, 15) is 31.9 Å². The van der Waals surface area contributed by atoms with Crippen molar-refractivity contribution >= 4 is 28.4 Å². The first kappa shape index (κ1) is 23.8. The Bertz CT molecular complexity index is 1440. The SMILES string of the molecule is Cc1nn(-c2cc(F)c(NC(=O)[C@H](O)c3cccc(OC(F)(F)F)c3)cc2F)c2c(N)ncnc12. The fraction of sp³-hybridized carbons (Fsp3) is 0.143. The molecule has 1 atom stereocenters. The Morgan fingerprint density at radius 3 is 2.63 bits per heavy atom. The largest absolute Gasteiger partial charge is 0.573 e. The zero-order valence-corrected chi connectivity index (χ0v) is 17.6. The van der Waals surface area contributed by atoms with Crippen LogP contribution in [0.2, 0.25) is 0 Å². The number of halogens is 5. The molecule has 0 saturated heterocycles. The summed E-state index contributed by atoms with van der Waals surface area (Å²) in [7, 11) is 0.